The first-order valence-corrected chi connectivity index (χ1v) is 8.66. The third kappa shape index (κ3) is 4.09. The van der Waals surface area contributed by atoms with E-state index >= 15 is 0 Å². The van der Waals surface area contributed by atoms with E-state index in [-0.39, 0.29) is 6.61 Å². The van der Waals surface area contributed by atoms with Gasteiger partial charge < -0.3 is 9.26 Å². The van der Waals surface area contributed by atoms with E-state index in [1.807, 2.05) is 38.1 Å². The van der Waals surface area contributed by atoms with Gasteiger partial charge in [-0.15, -0.1) is 11.3 Å². The van der Waals surface area contributed by atoms with Gasteiger partial charge in [0.2, 0.25) is 0 Å². The van der Waals surface area contributed by atoms with E-state index in [0.717, 1.165) is 16.1 Å². The Morgan fingerprint density at radius 1 is 1.12 bits per heavy atom. The standard InChI is InChI=1S/C18H17N3O4S/c1-11-17(12(2)25-21-11)14-8-9-15(26-14)18(23)20-19-16(22)10-24-13-6-4-3-5-7-13/h3-9H,10H2,1-2H3,(H,19,22)(H,20,23). The quantitative estimate of drug-likeness (QED) is 0.673. The molecular weight excluding hydrogens is 354 g/mol. The summed E-state index contributed by atoms with van der Waals surface area (Å²) in [6.07, 6.45) is 0. The maximum Gasteiger partial charge on any atom is 0.279 e. The summed E-state index contributed by atoms with van der Waals surface area (Å²) in [4.78, 5) is 25.3. The Kier molecular flexibility index (Phi) is 5.33. The molecule has 0 unspecified atom stereocenters. The smallest absolute Gasteiger partial charge is 0.279 e. The van der Waals surface area contributed by atoms with E-state index in [4.69, 9.17) is 9.26 Å². The fraction of sp³-hybridized carbons (Fsp3) is 0.167. The highest BCUT2D eigenvalue weighted by Gasteiger charge is 2.16. The lowest BCUT2D eigenvalue weighted by molar-refractivity contribution is -0.123. The maximum absolute atomic E-state index is 12.2. The van der Waals surface area contributed by atoms with Crippen LogP contribution in [0.15, 0.2) is 47.0 Å². The van der Waals surface area contributed by atoms with Gasteiger partial charge in [0.05, 0.1) is 16.1 Å². The minimum absolute atomic E-state index is 0.195. The number of hydrazine groups is 1. The highest BCUT2D eigenvalue weighted by molar-refractivity contribution is 7.17. The molecule has 3 rings (SSSR count). The molecule has 134 valence electrons. The molecule has 0 aliphatic heterocycles. The van der Waals surface area contributed by atoms with Gasteiger partial charge in [-0.05, 0) is 38.1 Å². The summed E-state index contributed by atoms with van der Waals surface area (Å²) in [5.41, 5.74) is 6.36. The van der Waals surface area contributed by atoms with Gasteiger partial charge in [0.25, 0.3) is 11.8 Å². The summed E-state index contributed by atoms with van der Waals surface area (Å²) in [6.45, 7) is 3.47. The van der Waals surface area contributed by atoms with Gasteiger partial charge in [0, 0.05) is 4.88 Å². The number of carbonyl (C=O) groups is 2. The molecule has 7 nitrogen and oxygen atoms in total. The van der Waals surface area contributed by atoms with E-state index in [9.17, 15) is 9.59 Å². The third-order valence-corrected chi connectivity index (χ3v) is 4.64. The van der Waals surface area contributed by atoms with E-state index in [1.54, 1.807) is 18.2 Å². The number of aryl methyl sites for hydroxylation is 2. The molecule has 0 fully saturated rings. The van der Waals surface area contributed by atoms with Crippen molar-refractivity contribution in [1.29, 1.82) is 0 Å². The maximum atomic E-state index is 12.2. The predicted molar refractivity (Wildman–Crippen MR) is 96.8 cm³/mol. The molecule has 8 heteroatoms. The molecule has 1 aromatic carbocycles. The van der Waals surface area contributed by atoms with Crippen LogP contribution in [0.25, 0.3) is 10.4 Å². The molecule has 0 saturated heterocycles. The number of hydrogen-bond acceptors (Lipinski definition) is 6. The van der Waals surface area contributed by atoms with Crippen LogP contribution in [0.2, 0.25) is 0 Å². The Bertz CT molecular complexity index is 898. The van der Waals surface area contributed by atoms with E-state index < -0.39 is 11.8 Å². The predicted octanol–water partition coefficient (Wildman–Crippen LogP) is 2.86. The van der Waals surface area contributed by atoms with Crippen molar-refractivity contribution < 1.29 is 18.8 Å². The molecule has 0 aliphatic rings. The van der Waals surface area contributed by atoms with Crippen LogP contribution in [0.3, 0.4) is 0 Å². The normalized spacial score (nSPS) is 10.4. The van der Waals surface area contributed by atoms with E-state index in [2.05, 4.69) is 16.0 Å². The van der Waals surface area contributed by atoms with Gasteiger partial charge in [-0.1, -0.05) is 23.4 Å². The summed E-state index contributed by atoms with van der Waals surface area (Å²) in [6, 6.07) is 12.5. The molecule has 0 aliphatic carbocycles. The molecule has 0 radical (unpaired) electrons. The lowest BCUT2D eigenvalue weighted by atomic mass is 10.2. The molecule has 0 atom stereocenters. The lowest BCUT2D eigenvalue weighted by Gasteiger charge is -2.07. The van der Waals surface area contributed by atoms with Crippen molar-refractivity contribution in [3.63, 3.8) is 0 Å². The zero-order valence-electron chi connectivity index (χ0n) is 14.2. The minimum atomic E-state index is -0.454. The number of nitrogens with zero attached hydrogens (tertiary/aromatic N) is 1. The number of nitrogens with one attached hydrogen (secondary N) is 2. The molecule has 0 saturated carbocycles. The fourth-order valence-corrected chi connectivity index (χ4v) is 3.37. The molecule has 26 heavy (non-hydrogen) atoms. The molecule has 2 N–H and O–H groups in total. The number of ether oxygens (including phenoxy) is 1. The number of carbonyl (C=O) groups excluding carboxylic acids is 2. The molecule has 2 amide bonds. The van der Waals surface area contributed by atoms with Crippen molar-refractivity contribution in [1.82, 2.24) is 16.0 Å². The fourth-order valence-electron chi connectivity index (χ4n) is 2.32. The van der Waals surface area contributed by atoms with Crippen LogP contribution >= 0.6 is 11.3 Å². The lowest BCUT2D eigenvalue weighted by Crippen LogP contribution is -2.43. The van der Waals surface area contributed by atoms with Crippen LogP contribution in [0.4, 0.5) is 0 Å². The van der Waals surface area contributed by atoms with Crippen molar-refractivity contribution in [3.8, 4) is 16.2 Å². The number of amides is 2. The van der Waals surface area contributed by atoms with Crippen molar-refractivity contribution in [3.05, 3.63) is 58.8 Å². The van der Waals surface area contributed by atoms with Crippen molar-refractivity contribution in [2.75, 3.05) is 6.61 Å². The van der Waals surface area contributed by atoms with Crippen LogP contribution in [-0.2, 0) is 4.79 Å². The zero-order chi connectivity index (χ0) is 18.5. The molecule has 3 aromatic rings. The van der Waals surface area contributed by atoms with Crippen molar-refractivity contribution in [2.24, 2.45) is 0 Å². The van der Waals surface area contributed by atoms with Gasteiger partial charge in [0.15, 0.2) is 6.61 Å². The Balaban J connectivity index is 1.53. The molecule has 0 bridgehead atoms. The summed E-state index contributed by atoms with van der Waals surface area (Å²) in [7, 11) is 0. The van der Waals surface area contributed by atoms with Crippen LogP contribution in [0, 0.1) is 13.8 Å². The summed E-state index contributed by atoms with van der Waals surface area (Å²) in [5, 5.41) is 3.91. The number of rotatable bonds is 5. The van der Waals surface area contributed by atoms with Gasteiger partial charge in [-0.25, -0.2) is 0 Å². The van der Waals surface area contributed by atoms with Gasteiger partial charge in [-0.3, -0.25) is 20.4 Å². The average molecular weight is 371 g/mol. The third-order valence-electron chi connectivity index (χ3n) is 3.54. The Hall–Kier alpha value is -3.13. The summed E-state index contributed by atoms with van der Waals surface area (Å²) < 4.78 is 10.5. The van der Waals surface area contributed by atoms with E-state index in [1.165, 1.54) is 11.3 Å². The number of para-hydroxylation sites is 1. The largest absolute Gasteiger partial charge is 0.484 e. The average Bonchev–Trinajstić information content (AvgIpc) is 3.25. The number of benzene rings is 1. The van der Waals surface area contributed by atoms with Crippen LogP contribution in [0.1, 0.15) is 21.1 Å². The Morgan fingerprint density at radius 3 is 2.58 bits per heavy atom. The topological polar surface area (TPSA) is 93.5 Å². The highest BCUT2D eigenvalue weighted by atomic mass is 32.1. The van der Waals surface area contributed by atoms with Crippen LogP contribution in [0.5, 0.6) is 5.75 Å². The molecule has 2 heterocycles. The number of aromatic nitrogens is 1. The highest BCUT2D eigenvalue weighted by Crippen LogP contribution is 2.32. The Morgan fingerprint density at radius 2 is 1.88 bits per heavy atom. The first kappa shape index (κ1) is 17.7. The molecule has 0 spiro atoms. The second-order valence-corrected chi connectivity index (χ2v) is 6.55. The second kappa shape index (κ2) is 7.83. The SMILES string of the molecule is Cc1noc(C)c1-c1ccc(C(=O)NNC(=O)COc2ccccc2)s1. The van der Waals surface area contributed by atoms with Crippen LogP contribution < -0.4 is 15.6 Å². The van der Waals surface area contributed by atoms with Crippen molar-refractivity contribution in [2.45, 2.75) is 13.8 Å². The summed E-state index contributed by atoms with van der Waals surface area (Å²) >= 11 is 1.29. The van der Waals surface area contributed by atoms with Crippen molar-refractivity contribution >= 4 is 23.2 Å². The number of thiophene rings is 1. The second-order valence-electron chi connectivity index (χ2n) is 5.47. The van der Waals surface area contributed by atoms with E-state index in [0.29, 0.717) is 16.4 Å². The Labute approximate surface area is 153 Å². The zero-order valence-corrected chi connectivity index (χ0v) is 15.1. The first-order chi connectivity index (χ1) is 12.5. The summed E-state index contributed by atoms with van der Waals surface area (Å²) in [5.74, 6) is 0.421. The van der Waals surface area contributed by atoms with Gasteiger partial charge in [0.1, 0.15) is 11.5 Å². The first-order valence-electron chi connectivity index (χ1n) is 7.84. The molecule has 2 aromatic heterocycles. The van der Waals surface area contributed by atoms with Gasteiger partial charge >= 0.3 is 0 Å². The minimum Gasteiger partial charge on any atom is -0.484 e. The van der Waals surface area contributed by atoms with Gasteiger partial charge in [-0.2, -0.15) is 0 Å². The van der Waals surface area contributed by atoms with Crippen LogP contribution in [-0.4, -0.2) is 23.6 Å². The molecular formula is C18H17N3O4S. The monoisotopic (exact) mass is 371 g/mol. The number of hydrogen-bond donors (Lipinski definition) is 2.